The minimum atomic E-state index is -1.33. The van der Waals surface area contributed by atoms with Crippen LogP contribution in [0.25, 0.3) is 0 Å². The molecule has 0 aromatic rings. The molecule has 3 atom stereocenters. The van der Waals surface area contributed by atoms with Crippen molar-refractivity contribution in [2.75, 3.05) is 6.54 Å². The fourth-order valence-electron chi connectivity index (χ4n) is 2.39. The molecule has 7 heteroatoms. The van der Waals surface area contributed by atoms with Gasteiger partial charge in [0.05, 0.1) is 11.6 Å². The molecule has 1 fully saturated rings. The normalized spacial score (nSPS) is 27.5. The minimum Gasteiger partial charge on any atom is -0.481 e. The highest BCUT2D eigenvalue weighted by atomic mass is 19.1. The number of aliphatic carboxylic acids is 1. The van der Waals surface area contributed by atoms with Crippen molar-refractivity contribution in [3.05, 3.63) is 23.7 Å². The third-order valence-electron chi connectivity index (χ3n) is 3.29. The average Bonchev–Trinajstić information content (AvgIpc) is 2.65. The van der Waals surface area contributed by atoms with Gasteiger partial charge < -0.3 is 15.7 Å². The molecule has 3 N–H and O–H groups in total. The standard InChI is InChI=1S/C14H13FN2O4/c1-7(18)17-8-3-2-4-9(11(15)5-8)10-6-16-13(19)12(10)14(20)21/h3,5,9-10,12H,6H2,1H3,(H,16,19)(H,17,18)(H,20,21)/t9?,10?,12-/m0/s1. The molecule has 0 aromatic carbocycles. The number of hydrogen-bond donors (Lipinski definition) is 3. The molecule has 0 saturated carbocycles. The maximum absolute atomic E-state index is 14.3. The van der Waals surface area contributed by atoms with E-state index in [4.69, 9.17) is 5.11 Å². The van der Waals surface area contributed by atoms with Crippen molar-refractivity contribution >= 4 is 17.8 Å². The van der Waals surface area contributed by atoms with E-state index in [0.29, 0.717) is 0 Å². The lowest BCUT2D eigenvalue weighted by molar-refractivity contribution is -0.147. The minimum absolute atomic E-state index is 0.0475. The van der Waals surface area contributed by atoms with Gasteiger partial charge in [0.1, 0.15) is 11.7 Å². The van der Waals surface area contributed by atoms with Gasteiger partial charge in [0.15, 0.2) is 0 Å². The SMILES string of the molecule is CC(=O)NC1=CC#CC(C2CNC(=O)[C@H]2C(=O)O)C(F)=C1. The Morgan fingerprint density at radius 1 is 1.52 bits per heavy atom. The number of rotatable bonds is 3. The number of carboxylic acids is 1. The number of carboxylic acid groups (broad SMARTS) is 1. The molecule has 1 aliphatic carbocycles. The topological polar surface area (TPSA) is 95.5 Å². The van der Waals surface area contributed by atoms with E-state index in [2.05, 4.69) is 22.5 Å². The Balaban J connectivity index is 2.26. The Bertz CT molecular complexity index is 627. The summed E-state index contributed by atoms with van der Waals surface area (Å²) in [6.07, 6.45) is 2.42. The smallest absolute Gasteiger partial charge is 0.316 e. The lowest BCUT2D eigenvalue weighted by Crippen LogP contribution is -2.30. The molecule has 2 rings (SSSR count). The Hall–Kier alpha value is -2.62. The van der Waals surface area contributed by atoms with E-state index in [9.17, 15) is 18.8 Å². The summed E-state index contributed by atoms with van der Waals surface area (Å²) in [6.45, 7) is 1.33. The van der Waals surface area contributed by atoms with Crippen LogP contribution in [-0.4, -0.2) is 29.4 Å². The van der Waals surface area contributed by atoms with E-state index >= 15 is 0 Å². The summed E-state index contributed by atoms with van der Waals surface area (Å²) in [5.74, 6) is -0.916. The van der Waals surface area contributed by atoms with Gasteiger partial charge in [-0.15, -0.1) is 0 Å². The third-order valence-corrected chi connectivity index (χ3v) is 3.29. The molecule has 1 saturated heterocycles. The molecule has 2 aliphatic rings. The molecule has 110 valence electrons. The molecule has 1 aliphatic heterocycles. The van der Waals surface area contributed by atoms with Gasteiger partial charge in [0.25, 0.3) is 0 Å². The zero-order valence-electron chi connectivity index (χ0n) is 11.1. The molecule has 2 unspecified atom stereocenters. The van der Waals surface area contributed by atoms with Crippen molar-refractivity contribution in [1.82, 2.24) is 10.6 Å². The second-order valence-corrected chi connectivity index (χ2v) is 4.80. The molecule has 1 heterocycles. The van der Waals surface area contributed by atoms with Gasteiger partial charge >= 0.3 is 5.97 Å². The summed E-state index contributed by atoms with van der Waals surface area (Å²) in [4.78, 5) is 33.6. The lowest BCUT2D eigenvalue weighted by atomic mass is 9.83. The number of hydrogen-bond acceptors (Lipinski definition) is 3. The highest BCUT2D eigenvalue weighted by Gasteiger charge is 2.45. The second kappa shape index (κ2) is 5.79. The number of carbonyl (C=O) groups excluding carboxylic acids is 2. The van der Waals surface area contributed by atoms with Crippen LogP contribution in [0.3, 0.4) is 0 Å². The van der Waals surface area contributed by atoms with Gasteiger partial charge in [0, 0.05) is 25.5 Å². The molecule has 0 radical (unpaired) electrons. The molecule has 2 amide bonds. The molecule has 0 spiro atoms. The van der Waals surface area contributed by atoms with Gasteiger partial charge in [0.2, 0.25) is 11.8 Å². The summed E-state index contributed by atoms with van der Waals surface area (Å²) < 4.78 is 14.3. The van der Waals surface area contributed by atoms with Crippen molar-refractivity contribution in [3.8, 4) is 11.8 Å². The Kier molecular flexibility index (Phi) is 4.08. The maximum atomic E-state index is 14.3. The maximum Gasteiger partial charge on any atom is 0.316 e. The summed E-state index contributed by atoms with van der Waals surface area (Å²) in [7, 11) is 0. The summed E-state index contributed by atoms with van der Waals surface area (Å²) >= 11 is 0. The third kappa shape index (κ3) is 3.11. The molecule has 6 nitrogen and oxygen atoms in total. The fraction of sp³-hybridized carbons (Fsp3) is 0.357. The monoisotopic (exact) mass is 292 g/mol. The molecule has 21 heavy (non-hydrogen) atoms. The lowest BCUT2D eigenvalue weighted by Gasteiger charge is -2.18. The van der Waals surface area contributed by atoms with E-state index in [0.717, 1.165) is 6.08 Å². The van der Waals surface area contributed by atoms with Crippen LogP contribution in [0.15, 0.2) is 23.7 Å². The van der Waals surface area contributed by atoms with E-state index < -0.39 is 35.5 Å². The number of nitrogens with one attached hydrogen (secondary N) is 2. The number of allylic oxidation sites excluding steroid dienone is 3. The number of halogens is 1. The van der Waals surface area contributed by atoms with E-state index in [1.54, 1.807) is 0 Å². The van der Waals surface area contributed by atoms with Crippen LogP contribution in [0.4, 0.5) is 4.39 Å². The predicted octanol–water partition coefficient (Wildman–Crippen LogP) is -0.0602. The number of carbonyl (C=O) groups is 3. The van der Waals surface area contributed by atoms with Crippen molar-refractivity contribution in [2.45, 2.75) is 6.92 Å². The Morgan fingerprint density at radius 2 is 2.24 bits per heavy atom. The largest absolute Gasteiger partial charge is 0.481 e. The van der Waals surface area contributed by atoms with Crippen LogP contribution in [0.1, 0.15) is 6.92 Å². The summed E-state index contributed by atoms with van der Waals surface area (Å²) in [5, 5.41) is 13.9. The van der Waals surface area contributed by atoms with Crippen LogP contribution in [0.5, 0.6) is 0 Å². The first-order valence-electron chi connectivity index (χ1n) is 6.26. The molecular weight excluding hydrogens is 279 g/mol. The predicted molar refractivity (Wildman–Crippen MR) is 70.0 cm³/mol. The first kappa shape index (κ1) is 14.8. The van der Waals surface area contributed by atoms with Crippen LogP contribution in [0.2, 0.25) is 0 Å². The van der Waals surface area contributed by atoms with Gasteiger partial charge in [-0.2, -0.15) is 0 Å². The fourth-order valence-corrected chi connectivity index (χ4v) is 2.39. The molecular formula is C14H13FN2O4. The first-order valence-corrected chi connectivity index (χ1v) is 6.26. The highest BCUT2D eigenvalue weighted by Crippen LogP contribution is 2.32. The average molecular weight is 292 g/mol. The van der Waals surface area contributed by atoms with Crippen LogP contribution in [0, 0.1) is 29.6 Å². The van der Waals surface area contributed by atoms with Gasteiger partial charge in [-0.05, 0) is 6.08 Å². The van der Waals surface area contributed by atoms with E-state index in [-0.39, 0.29) is 18.1 Å². The quantitative estimate of drug-likeness (QED) is 0.501. The highest BCUT2D eigenvalue weighted by molar-refractivity contribution is 5.99. The van der Waals surface area contributed by atoms with Gasteiger partial charge in [-0.1, -0.05) is 11.8 Å². The van der Waals surface area contributed by atoms with Crippen molar-refractivity contribution in [2.24, 2.45) is 17.8 Å². The zero-order chi connectivity index (χ0) is 15.6. The second-order valence-electron chi connectivity index (χ2n) is 4.80. The van der Waals surface area contributed by atoms with Crippen molar-refractivity contribution in [3.63, 3.8) is 0 Å². The van der Waals surface area contributed by atoms with Crippen LogP contribution >= 0.6 is 0 Å². The number of amides is 2. The Morgan fingerprint density at radius 3 is 2.86 bits per heavy atom. The summed E-state index contributed by atoms with van der Waals surface area (Å²) in [5.41, 5.74) is 0.194. The van der Waals surface area contributed by atoms with E-state index in [1.807, 2.05) is 0 Å². The first-order chi connectivity index (χ1) is 9.90. The van der Waals surface area contributed by atoms with Gasteiger partial charge in [-0.25, -0.2) is 4.39 Å². The zero-order valence-corrected chi connectivity index (χ0v) is 11.1. The van der Waals surface area contributed by atoms with Crippen LogP contribution in [-0.2, 0) is 14.4 Å². The van der Waals surface area contributed by atoms with Crippen molar-refractivity contribution < 1.29 is 23.9 Å². The van der Waals surface area contributed by atoms with Crippen molar-refractivity contribution in [1.29, 1.82) is 0 Å². The van der Waals surface area contributed by atoms with Crippen LogP contribution < -0.4 is 10.6 Å². The Labute approximate surface area is 120 Å². The molecule has 0 bridgehead atoms. The van der Waals surface area contributed by atoms with Gasteiger partial charge in [-0.3, -0.25) is 14.4 Å². The summed E-state index contributed by atoms with van der Waals surface area (Å²) in [6, 6.07) is 0. The van der Waals surface area contributed by atoms with E-state index in [1.165, 1.54) is 13.0 Å². The molecule has 0 aromatic heterocycles.